The van der Waals surface area contributed by atoms with Crippen molar-refractivity contribution in [1.29, 1.82) is 0 Å². The largest absolute Gasteiger partial charge is 0.481 e. The van der Waals surface area contributed by atoms with Gasteiger partial charge in [-0.25, -0.2) is 0 Å². The van der Waals surface area contributed by atoms with Gasteiger partial charge in [0, 0.05) is 0 Å². The average Bonchev–Trinajstić information content (AvgIpc) is 1.75. The van der Waals surface area contributed by atoms with Crippen molar-refractivity contribution in [3.63, 3.8) is 0 Å². The van der Waals surface area contributed by atoms with Crippen molar-refractivity contribution >= 4 is 5.97 Å². The molecule has 90 valence electrons. The minimum atomic E-state index is -0.674. The minimum Gasteiger partial charge on any atom is -0.481 e. The van der Waals surface area contributed by atoms with Crippen molar-refractivity contribution in [2.75, 3.05) is 0 Å². The molecule has 2 nitrogen and oxygen atoms in total. The summed E-state index contributed by atoms with van der Waals surface area (Å²) in [5, 5.41) is 9.36. The molecule has 0 heterocycles. The molecule has 0 bridgehead atoms. The fraction of sp³-hybridized carbons (Fsp3) is 0.923. The van der Waals surface area contributed by atoms with Gasteiger partial charge in [0.2, 0.25) is 0 Å². The van der Waals surface area contributed by atoms with Gasteiger partial charge in [-0.05, 0) is 30.6 Å². The molecule has 2 heteroatoms. The number of carbonyl (C=O) groups is 1. The van der Waals surface area contributed by atoms with Crippen molar-refractivity contribution in [3.8, 4) is 0 Å². The maximum atomic E-state index is 11.4. The van der Waals surface area contributed by atoms with E-state index in [4.69, 9.17) is 0 Å². The Labute approximate surface area is 94.1 Å². The lowest BCUT2D eigenvalue weighted by Gasteiger charge is -2.36. The second-order valence-electron chi connectivity index (χ2n) is 7.34. The van der Waals surface area contributed by atoms with E-state index in [1.165, 1.54) is 0 Å². The Morgan fingerprint density at radius 2 is 1.13 bits per heavy atom. The molecule has 0 saturated carbocycles. The molecule has 0 fully saturated rings. The van der Waals surface area contributed by atoms with Gasteiger partial charge < -0.3 is 5.11 Å². The molecule has 0 radical (unpaired) electrons. The van der Waals surface area contributed by atoms with Crippen LogP contribution in [0, 0.1) is 16.2 Å². The quantitative estimate of drug-likeness (QED) is 0.772. The molecule has 0 spiro atoms. The predicted octanol–water partition coefficient (Wildman–Crippen LogP) is 3.95. The molecule has 0 saturated heterocycles. The smallest absolute Gasteiger partial charge is 0.309 e. The topological polar surface area (TPSA) is 37.3 Å². The van der Waals surface area contributed by atoms with Crippen LogP contribution in [0.25, 0.3) is 0 Å². The summed E-state index contributed by atoms with van der Waals surface area (Å²) in [5.74, 6) is -0.674. The standard InChI is InChI=1S/C13H26O2/c1-11(2,3)8-13(7,10(14)15)9-12(4,5)6/h8-9H2,1-7H3,(H,14,15). The first kappa shape index (κ1) is 14.5. The molecular formula is C13H26O2. The molecule has 0 aliphatic rings. The summed E-state index contributed by atoms with van der Waals surface area (Å²) in [6.45, 7) is 14.4. The zero-order chi connectivity index (χ0) is 12.5. The molecule has 0 unspecified atom stereocenters. The number of aliphatic carboxylic acids is 1. The summed E-state index contributed by atoms with van der Waals surface area (Å²) in [7, 11) is 0. The molecule has 0 rings (SSSR count). The summed E-state index contributed by atoms with van der Waals surface area (Å²) in [6, 6.07) is 0. The van der Waals surface area contributed by atoms with Gasteiger partial charge in [-0.15, -0.1) is 0 Å². The molecule has 0 atom stereocenters. The van der Waals surface area contributed by atoms with Crippen LogP contribution in [0.2, 0.25) is 0 Å². The van der Waals surface area contributed by atoms with E-state index in [2.05, 4.69) is 41.5 Å². The van der Waals surface area contributed by atoms with Crippen LogP contribution in [0.15, 0.2) is 0 Å². The van der Waals surface area contributed by atoms with Crippen molar-refractivity contribution in [3.05, 3.63) is 0 Å². The molecule has 1 N–H and O–H groups in total. The molecule has 0 amide bonds. The highest BCUT2D eigenvalue weighted by atomic mass is 16.4. The van der Waals surface area contributed by atoms with Gasteiger partial charge in [0.1, 0.15) is 0 Å². The molecule has 15 heavy (non-hydrogen) atoms. The lowest BCUT2D eigenvalue weighted by atomic mass is 9.67. The Kier molecular flexibility index (Phi) is 4.00. The molecule has 0 aromatic rings. The summed E-state index contributed by atoms with van der Waals surface area (Å²) in [5.41, 5.74) is -0.507. The van der Waals surface area contributed by atoms with Gasteiger partial charge in [0.15, 0.2) is 0 Å². The maximum Gasteiger partial charge on any atom is 0.309 e. The molecule has 0 aliphatic carbocycles. The lowest BCUT2D eigenvalue weighted by molar-refractivity contribution is -0.151. The van der Waals surface area contributed by atoms with Gasteiger partial charge in [0.25, 0.3) is 0 Å². The van der Waals surface area contributed by atoms with Gasteiger partial charge in [-0.1, -0.05) is 41.5 Å². The van der Waals surface area contributed by atoms with E-state index in [0.29, 0.717) is 12.8 Å². The summed E-state index contributed by atoms with van der Waals surface area (Å²) < 4.78 is 0. The monoisotopic (exact) mass is 214 g/mol. The summed E-state index contributed by atoms with van der Waals surface area (Å²) in [4.78, 5) is 11.4. The number of rotatable bonds is 3. The first-order valence-electron chi connectivity index (χ1n) is 5.59. The Morgan fingerprint density at radius 1 is 0.867 bits per heavy atom. The summed E-state index contributed by atoms with van der Waals surface area (Å²) in [6.07, 6.45) is 1.43. The normalized spacial score (nSPS) is 14.1. The SMILES string of the molecule is CC(C)(C)CC(C)(CC(C)(C)C)C(=O)O. The zero-order valence-electron chi connectivity index (χ0n) is 11.3. The Hall–Kier alpha value is -0.530. The van der Waals surface area contributed by atoms with Crippen molar-refractivity contribution in [2.45, 2.75) is 61.3 Å². The molecule has 0 aromatic heterocycles. The first-order chi connectivity index (χ1) is 6.36. The van der Waals surface area contributed by atoms with Crippen LogP contribution in [0.4, 0.5) is 0 Å². The highest BCUT2D eigenvalue weighted by Gasteiger charge is 2.40. The van der Waals surface area contributed by atoms with Gasteiger partial charge in [0.05, 0.1) is 5.41 Å². The van der Waals surface area contributed by atoms with Gasteiger partial charge >= 0.3 is 5.97 Å². The highest BCUT2D eigenvalue weighted by Crippen LogP contribution is 2.42. The highest BCUT2D eigenvalue weighted by molar-refractivity contribution is 5.74. The first-order valence-corrected chi connectivity index (χ1v) is 5.59. The lowest BCUT2D eigenvalue weighted by Crippen LogP contribution is -2.35. The van der Waals surface area contributed by atoms with Crippen LogP contribution in [0.5, 0.6) is 0 Å². The van der Waals surface area contributed by atoms with Crippen molar-refractivity contribution in [1.82, 2.24) is 0 Å². The van der Waals surface area contributed by atoms with E-state index in [1.54, 1.807) is 0 Å². The Balaban J connectivity index is 4.85. The number of carboxylic acids is 1. The second kappa shape index (κ2) is 4.15. The average molecular weight is 214 g/mol. The van der Waals surface area contributed by atoms with Crippen LogP contribution in [-0.4, -0.2) is 11.1 Å². The number of hydrogen-bond donors (Lipinski definition) is 1. The van der Waals surface area contributed by atoms with Crippen LogP contribution < -0.4 is 0 Å². The third-order valence-corrected chi connectivity index (χ3v) is 2.36. The second-order valence-corrected chi connectivity index (χ2v) is 7.34. The third-order valence-electron chi connectivity index (χ3n) is 2.36. The molecule has 0 aromatic carbocycles. The van der Waals surface area contributed by atoms with E-state index in [9.17, 15) is 9.90 Å². The fourth-order valence-electron chi connectivity index (χ4n) is 2.55. The van der Waals surface area contributed by atoms with Crippen molar-refractivity contribution in [2.24, 2.45) is 16.2 Å². The van der Waals surface area contributed by atoms with Crippen molar-refractivity contribution < 1.29 is 9.90 Å². The van der Waals surface area contributed by atoms with E-state index in [1.807, 2.05) is 6.92 Å². The van der Waals surface area contributed by atoms with E-state index >= 15 is 0 Å². The van der Waals surface area contributed by atoms with Crippen LogP contribution >= 0.6 is 0 Å². The van der Waals surface area contributed by atoms with Gasteiger partial charge in [-0.3, -0.25) is 4.79 Å². The third kappa shape index (κ3) is 5.81. The predicted molar refractivity (Wildman–Crippen MR) is 63.9 cm³/mol. The van der Waals surface area contributed by atoms with E-state index < -0.39 is 11.4 Å². The zero-order valence-corrected chi connectivity index (χ0v) is 11.3. The van der Waals surface area contributed by atoms with Crippen LogP contribution in [0.3, 0.4) is 0 Å². The number of hydrogen-bond acceptors (Lipinski definition) is 1. The Bertz CT molecular complexity index is 212. The molecular weight excluding hydrogens is 188 g/mol. The number of carboxylic acid groups (broad SMARTS) is 1. The van der Waals surface area contributed by atoms with E-state index in [-0.39, 0.29) is 10.8 Å². The Morgan fingerprint density at radius 3 is 1.27 bits per heavy atom. The molecule has 0 aliphatic heterocycles. The van der Waals surface area contributed by atoms with Crippen LogP contribution in [0.1, 0.15) is 61.3 Å². The van der Waals surface area contributed by atoms with E-state index in [0.717, 1.165) is 0 Å². The van der Waals surface area contributed by atoms with Crippen LogP contribution in [-0.2, 0) is 4.79 Å². The minimum absolute atomic E-state index is 0.0540. The summed E-state index contributed by atoms with van der Waals surface area (Å²) >= 11 is 0. The van der Waals surface area contributed by atoms with Gasteiger partial charge in [-0.2, -0.15) is 0 Å². The maximum absolute atomic E-state index is 11.4. The fourth-order valence-corrected chi connectivity index (χ4v) is 2.55.